The van der Waals surface area contributed by atoms with Gasteiger partial charge in [0.1, 0.15) is 5.69 Å². The monoisotopic (exact) mass is 529 g/mol. The Labute approximate surface area is 224 Å². The van der Waals surface area contributed by atoms with Gasteiger partial charge in [-0.25, -0.2) is 4.98 Å². The predicted molar refractivity (Wildman–Crippen MR) is 144 cm³/mol. The van der Waals surface area contributed by atoms with Gasteiger partial charge in [0.05, 0.1) is 16.7 Å². The topological polar surface area (TPSA) is 61.4 Å². The third kappa shape index (κ3) is 6.42. The van der Waals surface area contributed by atoms with Crippen LogP contribution in [0.15, 0.2) is 73.2 Å². The molecule has 4 aromatic rings. The van der Waals surface area contributed by atoms with Gasteiger partial charge in [-0.1, -0.05) is 36.3 Å². The average molecular weight is 530 g/mol. The molecule has 6 nitrogen and oxygen atoms in total. The number of likely N-dealkylation sites (N-methyl/N-ethyl adjacent to an activating group) is 1. The molecule has 39 heavy (non-hydrogen) atoms. The van der Waals surface area contributed by atoms with Crippen molar-refractivity contribution in [2.45, 2.75) is 12.7 Å². The number of rotatable bonds is 4. The molecule has 0 saturated carbocycles. The highest BCUT2D eigenvalue weighted by Crippen LogP contribution is 2.34. The van der Waals surface area contributed by atoms with Crippen LogP contribution >= 0.6 is 0 Å². The van der Waals surface area contributed by atoms with Crippen molar-refractivity contribution < 1.29 is 18.0 Å². The zero-order valence-corrected chi connectivity index (χ0v) is 21.3. The Morgan fingerprint density at radius 1 is 0.974 bits per heavy atom. The maximum atomic E-state index is 13.9. The summed E-state index contributed by atoms with van der Waals surface area (Å²) in [5.74, 6) is 5.48. The zero-order chi connectivity index (χ0) is 27.4. The van der Waals surface area contributed by atoms with Crippen molar-refractivity contribution in [2.24, 2.45) is 0 Å². The Balaban J connectivity index is 1.29. The fourth-order valence-electron chi connectivity index (χ4n) is 4.46. The summed E-state index contributed by atoms with van der Waals surface area (Å²) in [7, 11) is 2.00. The molecule has 0 atom stereocenters. The second-order valence-corrected chi connectivity index (χ2v) is 9.49. The molecule has 5 rings (SSSR count). The first-order valence-electron chi connectivity index (χ1n) is 12.5. The quantitative estimate of drug-likeness (QED) is 0.375. The number of amides is 1. The molecule has 0 spiro atoms. The van der Waals surface area contributed by atoms with Crippen LogP contribution in [0.1, 0.15) is 32.7 Å². The Bertz CT molecular complexity index is 1540. The summed E-state index contributed by atoms with van der Waals surface area (Å²) >= 11 is 0. The lowest BCUT2D eigenvalue weighted by Crippen LogP contribution is -2.44. The number of carbonyl (C=O) groups is 1. The standard InChI is InChI=1S/C30H26F3N5O/c1-37-12-14-38(15-13-37)20-24-8-11-26(16-28(24)30(31,32)33)36-29(39)23-7-10-25(35-19-23)9-6-22-18-34-17-21-4-2-3-5-27(21)22/h2-5,7-8,10-11,16-19H,12-15,20H2,1H3,(H,36,39). The van der Waals surface area contributed by atoms with Gasteiger partial charge in [0.25, 0.3) is 5.91 Å². The second kappa shape index (κ2) is 11.2. The molecule has 0 bridgehead atoms. The summed E-state index contributed by atoms with van der Waals surface area (Å²) < 4.78 is 41.6. The number of anilines is 1. The third-order valence-electron chi connectivity index (χ3n) is 6.68. The fourth-order valence-corrected chi connectivity index (χ4v) is 4.46. The lowest BCUT2D eigenvalue weighted by Gasteiger charge is -2.33. The number of nitrogens with zero attached hydrogens (tertiary/aromatic N) is 4. The van der Waals surface area contributed by atoms with Gasteiger partial charge in [0.15, 0.2) is 0 Å². The lowest BCUT2D eigenvalue weighted by molar-refractivity contribution is -0.138. The molecule has 0 aliphatic carbocycles. The van der Waals surface area contributed by atoms with E-state index in [2.05, 4.69) is 32.0 Å². The van der Waals surface area contributed by atoms with Gasteiger partial charge in [-0.3, -0.25) is 14.7 Å². The molecule has 9 heteroatoms. The largest absolute Gasteiger partial charge is 0.416 e. The molecule has 1 amide bonds. The van der Waals surface area contributed by atoms with E-state index in [0.29, 0.717) is 18.8 Å². The highest BCUT2D eigenvalue weighted by Gasteiger charge is 2.34. The first-order valence-corrected chi connectivity index (χ1v) is 12.5. The van der Waals surface area contributed by atoms with Crippen LogP contribution in [0.5, 0.6) is 0 Å². The highest BCUT2D eigenvalue weighted by atomic mass is 19.4. The van der Waals surface area contributed by atoms with Gasteiger partial charge in [-0.2, -0.15) is 13.2 Å². The van der Waals surface area contributed by atoms with Crippen LogP contribution in [0.3, 0.4) is 0 Å². The van der Waals surface area contributed by atoms with Gasteiger partial charge in [-0.05, 0) is 42.8 Å². The molecule has 0 radical (unpaired) electrons. The molecular formula is C30H26F3N5O. The zero-order valence-electron chi connectivity index (χ0n) is 21.3. The number of fused-ring (bicyclic) bond motifs is 1. The van der Waals surface area contributed by atoms with E-state index in [1.165, 1.54) is 18.3 Å². The van der Waals surface area contributed by atoms with Gasteiger partial charge < -0.3 is 10.2 Å². The second-order valence-electron chi connectivity index (χ2n) is 9.49. The number of carbonyl (C=O) groups excluding carboxylic acids is 1. The van der Waals surface area contributed by atoms with Crippen LogP contribution in [0, 0.1) is 11.8 Å². The molecular weight excluding hydrogens is 503 g/mol. The van der Waals surface area contributed by atoms with Crippen LogP contribution in [-0.2, 0) is 12.7 Å². The number of aromatic nitrogens is 2. The van der Waals surface area contributed by atoms with E-state index in [4.69, 9.17) is 0 Å². The van der Waals surface area contributed by atoms with Crippen molar-refractivity contribution >= 4 is 22.4 Å². The maximum absolute atomic E-state index is 13.9. The van der Waals surface area contributed by atoms with Gasteiger partial charge in [0, 0.05) is 67.8 Å². The maximum Gasteiger partial charge on any atom is 0.416 e. The third-order valence-corrected chi connectivity index (χ3v) is 6.68. The van der Waals surface area contributed by atoms with E-state index in [0.717, 1.165) is 35.5 Å². The average Bonchev–Trinajstić information content (AvgIpc) is 2.93. The van der Waals surface area contributed by atoms with Crippen molar-refractivity contribution in [3.63, 3.8) is 0 Å². The Morgan fingerprint density at radius 3 is 2.51 bits per heavy atom. The summed E-state index contributed by atoms with van der Waals surface area (Å²) in [5, 5.41) is 4.51. The number of alkyl halides is 3. The summed E-state index contributed by atoms with van der Waals surface area (Å²) in [4.78, 5) is 25.4. The number of pyridine rings is 2. The highest BCUT2D eigenvalue weighted by molar-refractivity contribution is 6.04. The van der Waals surface area contributed by atoms with Crippen molar-refractivity contribution in [1.82, 2.24) is 19.8 Å². The summed E-state index contributed by atoms with van der Waals surface area (Å²) in [6.45, 7) is 3.25. The van der Waals surface area contributed by atoms with Gasteiger partial charge >= 0.3 is 6.18 Å². The molecule has 2 aromatic carbocycles. The van der Waals surface area contributed by atoms with E-state index in [-0.39, 0.29) is 23.4 Å². The van der Waals surface area contributed by atoms with Crippen LogP contribution in [0.2, 0.25) is 0 Å². The van der Waals surface area contributed by atoms with Crippen molar-refractivity contribution in [3.05, 3.63) is 101 Å². The summed E-state index contributed by atoms with van der Waals surface area (Å²) in [6, 6.07) is 14.9. The number of halogens is 3. The van der Waals surface area contributed by atoms with E-state index in [1.54, 1.807) is 24.5 Å². The fraction of sp³-hybridized carbons (Fsp3) is 0.233. The smallest absolute Gasteiger partial charge is 0.322 e. The number of benzene rings is 2. The SMILES string of the molecule is CN1CCN(Cc2ccc(NC(=O)c3ccc(C#Cc4cncc5ccccc45)nc3)cc2C(F)(F)F)CC1. The molecule has 1 N–H and O–H groups in total. The Kier molecular flexibility index (Phi) is 7.59. The van der Waals surface area contributed by atoms with Crippen molar-refractivity contribution in [1.29, 1.82) is 0 Å². The van der Waals surface area contributed by atoms with E-state index in [1.807, 2.05) is 36.2 Å². The van der Waals surface area contributed by atoms with Crippen molar-refractivity contribution in [2.75, 3.05) is 38.5 Å². The Hall–Kier alpha value is -4.26. The van der Waals surface area contributed by atoms with Crippen LogP contribution < -0.4 is 5.32 Å². The van der Waals surface area contributed by atoms with Crippen LogP contribution in [0.4, 0.5) is 18.9 Å². The molecule has 1 aliphatic heterocycles. The number of piperazine rings is 1. The van der Waals surface area contributed by atoms with E-state index >= 15 is 0 Å². The Morgan fingerprint density at radius 2 is 1.77 bits per heavy atom. The number of nitrogens with one attached hydrogen (secondary N) is 1. The predicted octanol–water partition coefficient (Wildman–Crippen LogP) is 5.05. The van der Waals surface area contributed by atoms with Crippen molar-refractivity contribution in [3.8, 4) is 11.8 Å². The number of hydrogen-bond donors (Lipinski definition) is 1. The minimum atomic E-state index is -4.54. The molecule has 3 heterocycles. The minimum absolute atomic E-state index is 0.0711. The minimum Gasteiger partial charge on any atom is -0.322 e. The van der Waals surface area contributed by atoms with E-state index in [9.17, 15) is 18.0 Å². The molecule has 2 aromatic heterocycles. The van der Waals surface area contributed by atoms with Crippen LogP contribution in [-0.4, -0.2) is 58.9 Å². The summed E-state index contributed by atoms with van der Waals surface area (Å²) in [5.41, 5.74) is 0.937. The van der Waals surface area contributed by atoms with Gasteiger partial charge in [0.2, 0.25) is 0 Å². The molecule has 1 aliphatic rings. The molecule has 1 saturated heterocycles. The first kappa shape index (κ1) is 26.4. The summed E-state index contributed by atoms with van der Waals surface area (Å²) in [6.07, 6.45) is 0.269. The van der Waals surface area contributed by atoms with Gasteiger partial charge in [-0.15, -0.1) is 0 Å². The number of hydrogen-bond acceptors (Lipinski definition) is 5. The lowest BCUT2D eigenvalue weighted by atomic mass is 10.0. The molecule has 0 unspecified atom stereocenters. The molecule has 198 valence electrons. The van der Waals surface area contributed by atoms with E-state index < -0.39 is 17.6 Å². The first-order chi connectivity index (χ1) is 18.8. The van der Waals surface area contributed by atoms with Crippen LogP contribution in [0.25, 0.3) is 10.8 Å². The normalized spacial score (nSPS) is 14.6. The molecule has 1 fully saturated rings.